The number of rotatable bonds is 10. The summed E-state index contributed by atoms with van der Waals surface area (Å²) in [4.78, 5) is 30.4. The Balaban J connectivity index is 1.57. The Kier molecular flexibility index (Phi) is 8.89. The van der Waals surface area contributed by atoms with Gasteiger partial charge in [-0.1, -0.05) is 23.7 Å². The van der Waals surface area contributed by atoms with Gasteiger partial charge in [0, 0.05) is 34.9 Å². The molecular formula is C26H37ClN6O3Si. The number of anilines is 1. The van der Waals surface area contributed by atoms with Crippen LogP contribution in [0.1, 0.15) is 24.5 Å². The summed E-state index contributed by atoms with van der Waals surface area (Å²) in [6.07, 6.45) is 0.0000243. The van der Waals surface area contributed by atoms with Gasteiger partial charge >= 0.3 is 0 Å². The number of fused-ring (bicyclic) bond motifs is 3. The first-order chi connectivity index (χ1) is 17.7. The van der Waals surface area contributed by atoms with Crippen molar-refractivity contribution < 1.29 is 14.3 Å². The summed E-state index contributed by atoms with van der Waals surface area (Å²) < 4.78 is 5.54. The van der Waals surface area contributed by atoms with Crippen LogP contribution >= 0.6 is 11.6 Å². The van der Waals surface area contributed by atoms with Crippen molar-refractivity contribution in [3.63, 3.8) is 0 Å². The Labute approximate surface area is 224 Å². The summed E-state index contributed by atoms with van der Waals surface area (Å²) >= 11 is 6.17. The molecule has 5 N–H and O–H groups in total. The van der Waals surface area contributed by atoms with Crippen LogP contribution in [0.15, 0.2) is 47.5 Å². The van der Waals surface area contributed by atoms with Crippen molar-refractivity contribution in [2.75, 3.05) is 31.6 Å². The van der Waals surface area contributed by atoms with E-state index in [-0.39, 0.29) is 30.7 Å². The van der Waals surface area contributed by atoms with Gasteiger partial charge in [0.25, 0.3) is 0 Å². The third-order valence-corrected chi connectivity index (χ3v) is 8.33. The lowest BCUT2D eigenvalue weighted by Gasteiger charge is -2.31. The second-order valence-electron chi connectivity index (χ2n) is 10.1. The van der Waals surface area contributed by atoms with E-state index >= 15 is 0 Å². The average molecular weight is 545 g/mol. The molecule has 2 aliphatic heterocycles. The van der Waals surface area contributed by atoms with Gasteiger partial charge < -0.3 is 25.1 Å². The van der Waals surface area contributed by atoms with E-state index in [2.05, 4.69) is 33.3 Å². The zero-order valence-electron chi connectivity index (χ0n) is 21.8. The van der Waals surface area contributed by atoms with E-state index in [1.807, 2.05) is 55.6 Å². The topological polar surface area (TPSA) is 110 Å². The van der Waals surface area contributed by atoms with Crippen LogP contribution in [0, 0.1) is 0 Å². The molecule has 0 aromatic heterocycles. The van der Waals surface area contributed by atoms with Crippen LogP contribution in [-0.2, 0) is 4.79 Å². The SMILES string of the molecule is COc1ccc2c(c1)C(c1ccc(Cl)cc1)=NC(CC(=O)NCCNCC[Si](C)(C)O)C1NNC(C)N21. The largest absolute Gasteiger partial charge is 0.497 e. The van der Waals surface area contributed by atoms with Crippen LogP contribution in [0.2, 0.25) is 24.2 Å². The van der Waals surface area contributed by atoms with E-state index in [1.54, 1.807) is 7.11 Å². The van der Waals surface area contributed by atoms with Crippen molar-refractivity contribution >= 4 is 37.2 Å². The van der Waals surface area contributed by atoms with Crippen molar-refractivity contribution in [3.8, 4) is 5.75 Å². The van der Waals surface area contributed by atoms with Gasteiger partial charge in [-0.25, -0.2) is 10.9 Å². The van der Waals surface area contributed by atoms with Crippen molar-refractivity contribution in [1.82, 2.24) is 21.5 Å². The van der Waals surface area contributed by atoms with Crippen LogP contribution in [-0.4, -0.2) is 69.8 Å². The number of benzene rings is 2. The minimum absolute atomic E-state index is 0.00833. The molecular weight excluding hydrogens is 508 g/mol. The third kappa shape index (κ3) is 6.89. The molecule has 9 nitrogen and oxygen atoms in total. The molecule has 200 valence electrons. The fourth-order valence-corrected chi connectivity index (χ4v) is 5.57. The molecule has 2 heterocycles. The van der Waals surface area contributed by atoms with Gasteiger partial charge in [-0.05, 0) is 62.9 Å². The fourth-order valence-electron chi connectivity index (χ4n) is 4.66. The highest BCUT2D eigenvalue weighted by Crippen LogP contribution is 2.36. The molecule has 0 radical (unpaired) electrons. The van der Waals surface area contributed by atoms with Crippen molar-refractivity contribution in [2.45, 2.75) is 50.9 Å². The van der Waals surface area contributed by atoms with Gasteiger partial charge in [0.2, 0.25) is 5.91 Å². The zero-order chi connectivity index (χ0) is 26.6. The Hall–Kier alpha value is -2.47. The molecule has 3 atom stereocenters. The van der Waals surface area contributed by atoms with E-state index in [9.17, 15) is 9.59 Å². The number of carbonyl (C=O) groups excluding carboxylic acids is 1. The summed E-state index contributed by atoms with van der Waals surface area (Å²) in [5.41, 5.74) is 10.3. The highest BCUT2D eigenvalue weighted by Gasteiger charge is 2.40. The Morgan fingerprint density at radius 1 is 1.16 bits per heavy atom. The second kappa shape index (κ2) is 11.9. The number of amides is 1. The number of nitrogens with one attached hydrogen (secondary N) is 4. The number of aliphatic imine (C=N–C) groups is 1. The maximum Gasteiger partial charge on any atom is 0.222 e. The lowest BCUT2D eigenvalue weighted by molar-refractivity contribution is -0.121. The quantitative estimate of drug-likeness (QED) is 0.231. The normalized spacial score (nSPS) is 21.1. The van der Waals surface area contributed by atoms with E-state index in [1.165, 1.54) is 0 Å². The molecule has 11 heteroatoms. The van der Waals surface area contributed by atoms with Crippen LogP contribution in [0.3, 0.4) is 0 Å². The molecule has 2 aliphatic rings. The van der Waals surface area contributed by atoms with Gasteiger partial charge in [0.1, 0.15) is 11.9 Å². The van der Waals surface area contributed by atoms with E-state index in [4.69, 9.17) is 21.3 Å². The van der Waals surface area contributed by atoms with Crippen molar-refractivity contribution in [2.24, 2.45) is 4.99 Å². The van der Waals surface area contributed by atoms with Gasteiger partial charge in [-0.3, -0.25) is 9.79 Å². The molecule has 0 bridgehead atoms. The number of carbonyl (C=O) groups is 1. The van der Waals surface area contributed by atoms with Crippen molar-refractivity contribution in [3.05, 3.63) is 58.6 Å². The highest BCUT2D eigenvalue weighted by molar-refractivity contribution is 6.69. The smallest absolute Gasteiger partial charge is 0.222 e. The minimum Gasteiger partial charge on any atom is -0.497 e. The van der Waals surface area contributed by atoms with Crippen LogP contribution in [0.4, 0.5) is 5.69 Å². The number of nitrogens with zero attached hydrogens (tertiary/aromatic N) is 2. The molecule has 3 unspecified atom stereocenters. The summed E-state index contributed by atoms with van der Waals surface area (Å²) in [6, 6.07) is 14.0. The molecule has 0 spiro atoms. The number of hydrogen-bond donors (Lipinski definition) is 5. The summed E-state index contributed by atoms with van der Waals surface area (Å²) in [7, 11) is -0.410. The molecule has 37 heavy (non-hydrogen) atoms. The predicted molar refractivity (Wildman–Crippen MR) is 151 cm³/mol. The number of halogens is 1. The highest BCUT2D eigenvalue weighted by atomic mass is 35.5. The van der Waals surface area contributed by atoms with Gasteiger partial charge in [0.15, 0.2) is 8.32 Å². The van der Waals surface area contributed by atoms with E-state index in [0.29, 0.717) is 18.1 Å². The maximum absolute atomic E-state index is 13.0. The lowest BCUT2D eigenvalue weighted by Crippen LogP contribution is -2.48. The lowest BCUT2D eigenvalue weighted by atomic mass is 9.99. The number of ether oxygens (including phenoxy) is 1. The zero-order valence-corrected chi connectivity index (χ0v) is 23.6. The third-order valence-electron chi connectivity index (χ3n) is 6.60. The van der Waals surface area contributed by atoms with Gasteiger partial charge in [-0.2, -0.15) is 0 Å². The van der Waals surface area contributed by atoms with Crippen LogP contribution in [0.5, 0.6) is 5.75 Å². The Morgan fingerprint density at radius 3 is 2.62 bits per heavy atom. The molecule has 2 aromatic rings. The Bertz CT molecular complexity index is 1120. The maximum atomic E-state index is 13.0. The number of hydrogen-bond acceptors (Lipinski definition) is 8. The van der Waals surface area contributed by atoms with E-state index in [0.717, 1.165) is 40.9 Å². The molecule has 2 aromatic carbocycles. The Morgan fingerprint density at radius 2 is 1.92 bits per heavy atom. The summed E-state index contributed by atoms with van der Waals surface area (Å²) in [5.74, 6) is 0.674. The van der Waals surface area contributed by atoms with Crippen LogP contribution < -0.4 is 31.1 Å². The first-order valence-electron chi connectivity index (χ1n) is 12.7. The fraction of sp³-hybridized carbons (Fsp3) is 0.462. The molecule has 1 fully saturated rings. The molecule has 0 aliphatic carbocycles. The summed E-state index contributed by atoms with van der Waals surface area (Å²) in [6.45, 7) is 7.83. The molecule has 0 saturated carbocycles. The standard InChI is InChI=1S/C26H37ClN6O3Si/c1-17-31-32-26-22(16-24(34)29-12-11-28-13-14-37(3,4)35)30-25(18-5-7-19(27)8-6-18)21-15-20(36-2)9-10-23(21)33(17)26/h5-10,15,17,22,26,28,31-32,35H,11-14,16H2,1-4H3,(H,29,34). The molecule has 1 amide bonds. The predicted octanol–water partition coefficient (Wildman–Crippen LogP) is 2.45. The second-order valence-corrected chi connectivity index (χ2v) is 14.7. The number of methoxy groups -OCH3 is 1. The van der Waals surface area contributed by atoms with Gasteiger partial charge in [-0.15, -0.1) is 0 Å². The molecule has 1 saturated heterocycles. The first kappa shape index (κ1) is 27.6. The number of hydrazine groups is 1. The summed E-state index contributed by atoms with van der Waals surface area (Å²) in [5, 5.41) is 6.95. The van der Waals surface area contributed by atoms with Crippen LogP contribution in [0.25, 0.3) is 0 Å². The minimum atomic E-state index is -2.06. The van der Waals surface area contributed by atoms with E-state index < -0.39 is 8.32 Å². The first-order valence-corrected chi connectivity index (χ1v) is 16.2. The monoisotopic (exact) mass is 544 g/mol. The average Bonchev–Trinajstić information content (AvgIpc) is 3.18. The molecule has 4 rings (SSSR count). The van der Waals surface area contributed by atoms with Crippen molar-refractivity contribution in [1.29, 1.82) is 0 Å². The van der Waals surface area contributed by atoms with Gasteiger partial charge in [0.05, 0.1) is 31.4 Å².